The van der Waals surface area contributed by atoms with Gasteiger partial charge in [0.1, 0.15) is 11.9 Å². The lowest BCUT2D eigenvalue weighted by Gasteiger charge is -2.36. The number of carbonyl (C=O) groups excluding carboxylic acids is 1. The molecule has 0 bridgehead atoms. The Balaban J connectivity index is 1.54. The number of benzene rings is 2. The number of halogens is 1. The Kier molecular flexibility index (Phi) is 7.09. The van der Waals surface area contributed by atoms with Gasteiger partial charge in [-0.15, -0.1) is 5.10 Å². The minimum absolute atomic E-state index is 0.176. The highest BCUT2D eigenvalue weighted by Crippen LogP contribution is 2.31. The van der Waals surface area contributed by atoms with E-state index in [0.29, 0.717) is 50.5 Å². The monoisotopic (exact) mass is 504 g/mol. The molecule has 10 heteroatoms. The van der Waals surface area contributed by atoms with E-state index in [9.17, 15) is 14.0 Å². The van der Waals surface area contributed by atoms with E-state index in [-0.39, 0.29) is 23.3 Å². The van der Waals surface area contributed by atoms with Gasteiger partial charge in [0, 0.05) is 18.7 Å². The largest absolute Gasteiger partial charge is 0.466 e. The number of hydrogen-bond acceptors (Lipinski definition) is 7. The second-order valence-corrected chi connectivity index (χ2v) is 9.38. The van der Waals surface area contributed by atoms with Crippen LogP contribution in [0.15, 0.2) is 53.3 Å². The van der Waals surface area contributed by atoms with E-state index < -0.39 is 6.04 Å². The molecule has 1 atom stereocenters. The molecule has 1 aliphatic rings. The van der Waals surface area contributed by atoms with Crippen molar-refractivity contribution in [2.75, 3.05) is 19.7 Å². The molecule has 4 aromatic rings. The maximum atomic E-state index is 13.5. The summed E-state index contributed by atoms with van der Waals surface area (Å²) in [5.74, 6) is -0.166. The molecule has 1 saturated heterocycles. The summed E-state index contributed by atoms with van der Waals surface area (Å²) in [4.78, 5) is 31.0. The fourth-order valence-electron chi connectivity index (χ4n) is 5.04. The van der Waals surface area contributed by atoms with E-state index in [0.717, 1.165) is 22.0 Å². The first-order chi connectivity index (χ1) is 17.9. The third kappa shape index (κ3) is 5.15. The average molecular weight is 505 g/mol. The standard InChI is InChI=1S/C27H29FN6O3/c1-3-37-27(36)19-11-13-33(14-12-19)24(22-15-20-6-4-5-17(2)23(20)29-26(22)35)25-30-31-32-34(25)16-18-7-9-21(28)10-8-18/h4-10,15,19,24H,3,11-14,16H2,1-2H3,(H,29,35)/t24-/m0/s1. The molecule has 0 amide bonds. The predicted molar refractivity (Wildman–Crippen MR) is 135 cm³/mol. The topological polar surface area (TPSA) is 106 Å². The Morgan fingerprint density at radius 1 is 1.19 bits per heavy atom. The summed E-state index contributed by atoms with van der Waals surface area (Å²) in [5.41, 5.74) is 2.92. The number of pyridine rings is 1. The lowest BCUT2D eigenvalue weighted by molar-refractivity contribution is -0.149. The number of ether oxygens (including phenoxy) is 1. The van der Waals surface area contributed by atoms with Crippen molar-refractivity contribution in [1.82, 2.24) is 30.1 Å². The van der Waals surface area contributed by atoms with Crippen LogP contribution in [0.2, 0.25) is 0 Å². The SMILES string of the molecule is CCOC(=O)C1CCN([C@@H](c2cc3cccc(C)c3[nH]c2=O)c2nnnn2Cc2ccc(F)cc2)CC1. The fourth-order valence-corrected chi connectivity index (χ4v) is 5.04. The normalized spacial score (nSPS) is 15.6. The van der Waals surface area contributed by atoms with Crippen LogP contribution < -0.4 is 5.56 Å². The molecule has 0 spiro atoms. The number of esters is 1. The van der Waals surface area contributed by atoms with Gasteiger partial charge < -0.3 is 9.72 Å². The molecule has 37 heavy (non-hydrogen) atoms. The van der Waals surface area contributed by atoms with Crippen molar-refractivity contribution < 1.29 is 13.9 Å². The zero-order valence-electron chi connectivity index (χ0n) is 20.9. The van der Waals surface area contributed by atoms with Gasteiger partial charge in [0.15, 0.2) is 5.82 Å². The third-order valence-corrected chi connectivity index (χ3v) is 6.98. The molecule has 1 aliphatic heterocycles. The summed E-state index contributed by atoms with van der Waals surface area (Å²) >= 11 is 0. The van der Waals surface area contributed by atoms with Crippen LogP contribution in [0, 0.1) is 18.7 Å². The molecule has 2 aromatic carbocycles. The van der Waals surface area contributed by atoms with E-state index in [1.54, 1.807) is 23.7 Å². The number of nitrogens with zero attached hydrogens (tertiary/aromatic N) is 5. The predicted octanol–water partition coefficient (Wildman–Crippen LogP) is 3.37. The van der Waals surface area contributed by atoms with Crippen LogP contribution in [-0.4, -0.2) is 55.8 Å². The van der Waals surface area contributed by atoms with Crippen LogP contribution in [0.25, 0.3) is 10.9 Å². The maximum absolute atomic E-state index is 13.5. The average Bonchev–Trinajstić information content (AvgIpc) is 3.34. The number of rotatable bonds is 7. The van der Waals surface area contributed by atoms with Crippen molar-refractivity contribution in [3.63, 3.8) is 0 Å². The molecule has 0 unspecified atom stereocenters. The molecule has 0 aliphatic carbocycles. The number of likely N-dealkylation sites (tertiary alicyclic amines) is 1. The number of aryl methyl sites for hydroxylation is 1. The van der Waals surface area contributed by atoms with Crippen molar-refractivity contribution in [2.24, 2.45) is 5.92 Å². The number of hydrogen-bond donors (Lipinski definition) is 1. The summed E-state index contributed by atoms with van der Waals surface area (Å²) < 4.78 is 20.3. The van der Waals surface area contributed by atoms with Crippen LogP contribution in [-0.2, 0) is 16.1 Å². The number of aromatic amines is 1. The lowest BCUT2D eigenvalue weighted by Crippen LogP contribution is -2.42. The zero-order valence-corrected chi connectivity index (χ0v) is 20.9. The molecular weight excluding hydrogens is 475 g/mol. The number of nitrogens with one attached hydrogen (secondary N) is 1. The second-order valence-electron chi connectivity index (χ2n) is 9.38. The highest BCUT2D eigenvalue weighted by Gasteiger charge is 2.35. The van der Waals surface area contributed by atoms with Crippen molar-refractivity contribution in [3.8, 4) is 0 Å². The first-order valence-corrected chi connectivity index (χ1v) is 12.5. The number of tetrazole rings is 1. The Morgan fingerprint density at radius 3 is 2.68 bits per heavy atom. The minimum atomic E-state index is -0.535. The van der Waals surface area contributed by atoms with Gasteiger partial charge in [0.2, 0.25) is 0 Å². The van der Waals surface area contributed by atoms with Gasteiger partial charge in [-0.2, -0.15) is 0 Å². The van der Waals surface area contributed by atoms with Crippen LogP contribution in [0.4, 0.5) is 4.39 Å². The van der Waals surface area contributed by atoms with Gasteiger partial charge in [0.05, 0.1) is 24.6 Å². The first-order valence-electron chi connectivity index (χ1n) is 12.5. The molecule has 1 fully saturated rings. The summed E-state index contributed by atoms with van der Waals surface area (Å²) in [6.45, 7) is 5.58. The van der Waals surface area contributed by atoms with Crippen molar-refractivity contribution >= 4 is 16.9 Å². The van der Waals surface area contributed by atoms with E-state index in [4.69, 9.17) is 4.74 Å². The van der Waals surface area contributed by atoms with Gasteiger partial charge in [-0.05, 0) is 71.8 Å². The quantitative estimate of drug-likeness (QED) is 0.385. The van der Waals surface area contributed by atoms with Crippen LogP contribution in [0.3, 0.4) is 0 Å². The Bertz CT molecular complexity index is 1460. The number of carbonyl (C=O) groups is 1. The molecule has 3 heterocycles. The molecular formula is C27H29FN6O3. The highest BCUT2D eigenvalue weighted by atomic mass is 19.1. The fraction of sp³-hybridized carbons (Fsp3) is 0.370. The molecule has 1 N–H and O–H groups in total. The van der Waals surface area contributed by atoms with E-state index in [1.807, 2.05) is 31.2 Å². The van der Waals surface area contributed by atoms with Crippen molar-refractivity contribution in [2.45, 2.75) is 39.3 Å². The van der Waals surface area contributed by atoms with Crippen LogP contribution in [0.1, 0.15) is 48.3 Å². The summed E-state index contributed by atoms with van der Waals surface area (Å²) in [6.07, 6.45) is 1.22. The zero-order chi connectivity index (χ0) is 25.9. The molecule has 2 aromatic heterocycles. The van der Waals surface area contributed by atoms with Gasteiger partial charge in [-0.1, -0.05) is 30.3 Å². The van der Waals surface area contributed by atoms with E-state index in [1.165, 1.54) is 12.1 Å². The minimum Gasteiger partial charge on any atom is -0.466 e. The number of para-hydroxylation sites is 1. The van der Waals surface area contributed by atoms with Gasteiger partial charge in [0.25, 0.3) is 5.56 Å². The van der Waals surface area contributed by atoms with Gasteiger partial charge in [-0.3, -0.25) is 14.5 Å². The molecule has 9 nitrogen and oxygen atoms in total. The Morgan fingerprint density at radius 2 is 1.95 bits per heavy atom. The molecule has 192 valence electrons. The van der Waals surface area contributed by atoms with Gasteiger partial charge in [-0.25, -0.2) is 9.07 Å². The number of fused-ring (bicyclic) bond motifs is 1. The maximum Gasteiger partial charge on any atom is 0.309 e. The smallest absolute Gasteiger partial charge is 0.309 e. The van der Waals surface area contributed by atoms with E-state index in [2.05, 4.69) is 25.4 Å². The molecule has 5 rings (SSSR count). The Labute approximate surface area is 213 Å². The number of H-pyrrole nitrogens is 1. The highest BCUT2D eigenvalue weighted by molar-refractivity contribution is 5.82. The summed E-state index contributed by atoms with van der Waals surface area (Å²) in [7, 11) is 0. The molecule has 0 saturated carbocycles. The lowest BCUT2D eigenvalue weighted by atomic mass is 9.93. The van der Waals surface area contributed by atoms with Crippen LogP contribution in [0.5, 0.6) is 0 Å². The second kappa shape index (κ2) is 10.6. The van der Waals surface area contributed by atoms with Gasteiger partial charge >= 0.3 is 5.97 Å². The summed E-state index contributed by atoms with van der Waals surface area (Å²) in [5, 5.41) is 13.4. The number of aromatic nitrogens is 5. The molecule has 0 radical (unpaired) electrons. The van der Waals surface area contributed by atoms with Crippen LogP contribution >= 0.6 is 0 Å². The van der Waals surface area contributed by atoms with E-state index >= 15 is 0 Å². The van der Waals surface area contributed by atoms with Crippen molar-refractivity contribution in [3.05, 3.63) is 87.2 Å². The first kappa shape index (κ1) is 24.8. The third-order valence-electron chi connectivity index (χ3n) is 6.98. The summed E-state index contributed by atoms with van der Waals surface area (Å²) in [6, 6.07) is 13.4. The number of piperidine rings is 1. The Hall–Kier alpha value is -3.92. The van der Waals surface area contributed by atoms with Crippen molar-refractivity contribution in [1.29, 1.82) is 0 Å².